The zero-order valence-corrected chi connectivity index (χ0v) is 21.5. The first kappa shape index (κ1) is 25.2. The second-order valence-electron chi connectivity index (χ2n) is 8.08. The molecule has 2 heterocycles. The SMILES string of the molecule is COc1ccc(OC)c(Cc2csc(N3CCC(S(=O)(=O)c4ccc(Cl)c([N+](=O)[O-])c4)CC3)n2)c1. The van der Waals surface area contributed by atoms with Gasteiger partial charge in [0, 0.05) is 36.5 Å². The summed E-state index contributed by atoms with van der Waals surface area (Å²) in [5.74, 6) is 1.50. The number of sulfone groups is 1. The lowest BCUT2D eigenvalue weighted by atomic mass is 10.1. The minimum absolute atomic E-state index is 0.0733. The summed E-state index contributed by atoms with van der Waals surface area (Å²) in [5, 5.41) is 13.3. The molecule has 0 saturated carbocycles. The molecule has 0 N–H and O–H groups in total. The van der Waals surface area contributed by atoms with Crippen molar-refractivity contribution >= 4 is 43.6 Å². The first-order valence-corrected chi connectivity index (χ1v) is 13.6. The molecule has 0 aliphatic carbocycles. The van der Waals surface area contributed by atoms with E-state index < -0.39 is 25.7 Å². The van der Waals surface area contributed by atoms with Gasteiger partial charge in [0.2, 0.25) is 0 Å². The van der Waals surface area contributed by atoms with Crippen LogP contribution < -0.4 is 14.4 Å². The monoisotopic (exact) mass is 537 g/mol. The number of methoxy groups -OCH3 is 2. The number of nitro groups is 1. The van der Waals surface area contributed by atoms with E-state index >= 15 is 0 Å². The molecule has 0 amide bonds. The number of nitrogens with zero attached hydrogens (tertiary/aromatic N) is 3. The van der Waals surface area contributed by atoms with Crippen LogP contribution in [0.2, 0.25) is 5.02 Å². The van der Waals surface area contributed by atoms with Crippen LogP contribution in [0.15, 0.2) is 46.7 Å². The Balaban J connectivity index is 1.44. The van der Waals surface area contributed by atoms with Gasteiger partial charge in [-0.3, -0.25) is 10.1 Å². The van der Waals surface area contributed by atoms with Crippen molar-refractivity contribution < 1.29 is 22.8 Å². The average Bonchev–Trinajstić information content (AvgIpc) is 3.32. The maximum atomic E-state index is 13.1. The van der Waals surface area contributed by atoms with Crippen LogP contribution in [-0.2, 0) is 16.3 Å². The molecular weight excluding hydrogens is 514 g/mol. The number of hydrogen-bond donors (Lipinski definition) is 0. The molecule has 0 spiro atoms. The van der Waals surface area contributed by atoms with Gasteiger partial charge >= 0.3 is 0 Å². The molecule has 1 aliphatic rings. The number of aromatic nitrogens is 1. The summed E-state index contributed by atoms with van der Waals surface area (Å²) in [7, 11) is -0.484. The molecule has 0 atom stereocenters. The fourth-order valence-corrected chi connectivity index (χ4v) is 6.91. The van der Waals surface area contributed by atoms with Crippen LogP contribution in [0.4, 0.5) is 10.8 Å². The molecular formula is C23H24ClN3O6S2. The second-order valence-corrected chi connectivity index (χ2v) is 11.5. The number of benzene rings is 2. The second kappa shape index (κ2) is 10.4. The first-order chi connectivity index (χ1) is 16.7. The van der Waals surface area contributed by atoms with Crippen LogP contribution in [0, 0.1) is 10.1 Å². The molecule has 9 nitrogen and oxygen atoms in total. The highest BCUT2D eigenvalue weighted by Crippen LogP contribution is 2.33. The summed E-state index contributed by atoms with van der Waals surface area (Å²) in [6, 6.07) is 9.27. The Morgan fingerprint density at radius 3 is 2.57 bits per heavy atom. The quantitative estimate of drug-likeness (QED) is 0.299. The number of nitro benzene ring substituents is 1. The minimum atomic E-state index is -3.72. The van der Waals surface area contributed by atoms with E-state index in [4.69, 9.17) is 26.1 Å². The molecule has 2 aromatic carbocycles. The topological polar surface area (TPSA) is 112 Å². The third-order valence-electron chi connectivity index (χ3n) is 5.99. The van der Waals surface area contributed by atoms with E-state index in [1.165, 1.54) is 23.5 Å². The number of hydrogen-bond acceptors (Lipinski definition) is 9. The molecule has 0 radical (unpaired) electrons. The summed E-state index contributed by atoms with van der Waals surface area (Å²) in [6.07, 6.45) is 1.38. The minimum Gasteiger partial charge on any atom is -0.497 e. The Kier molecular flexibility index (Phi) is 7.48. The smallest absolute Gasteiger partial charge is 0.289 e. The first-order valence-electron chi connectivity index (χ1n) is 10.8. The van der Waals surface area contributed by atoms with Crippen LogP contribution in [0.5, 0.6) is 11.5 Å². The van der Waals surface area contributed by atoms with Gasteiger partial charge in [-0.25, -0.2) is 13.4 Å². The van der Waals surface area contributed by atoms with E-state index in [1.807, 2.05) is 23.6 Å². The Bertz CT molecular complexity index is 1340. The number of rotatable bonds is 8. The molecule has 12 heteroatoms. The summed E-state index contributed by atoms with van der Waals surface area (Å²) in [5.41, 5.74) is 1.44. The van der Waals surface area contributed by atoms with Crippen molar-refractivity contribution in [3.8, 4) is 11.5 Å². The number of piperidine rings is 1. The van der Waals surface area contributed by atoms with E-state index in [1.54, 1.807) is 14.2 Å². The zero-order valence-electron chi connectivity index (χ0n) is 19.1. The number of anilines is 1. The summed E-state index contributed by atoms with van der Waals surface area (Å²) in [4.78, 5) is 17.2. The van der Waals surface area contributed by atoms with Crippen LogP contribution in [0.3, 0.4) is 0 Å². The number of ether oxygens (including phenoxy) is 2. The molecule has 1 aliphatic heterocycles. The Hall–Kier alpha value is -2.89. The average molecular weight is 538 g/mol. The highest BCUT2D eigenvalue weighted by atomic mass is 35.5. The molecule has 1 aromatic heterocycles. The molecule has 4 rings (SSSR count). The lowest BCUT2D eigenvalue weighted by Gasteiger charge is -2.31. The van der Waals surface area contributed by atoms with Gasteiger partial charge in [0.1, 0.15) is 16.5 Å². The highest BCUT2D eigenvalue weighted by Gasteiger charge is 2.33. The maximum absolute atomic E-state index is 13.1. The van der Waals surface area contributed by atoms with Crippen LogP contribution >= 0.6 is 22.9 Å². The van der Waals surface area contributed by atoms with Crippen molar-refractivity contribution in [2.45, 2.75) is 29.4 Å². The van der Waals surface area contributed by atoms with Crippen LogP contribution in [0.1, 0.15) is 24.1 Å². The molecule has 1 fully saturated rings. The number of halogens is 1. The summed E-state index contributed by atoms with van der Waals surface area (Å²) < 4.78 is 37.0. The Morgan fingerprint density at radius 1 is 1.17 bits per heavy atom. The predicted molar refractivity (Wildman–Crippen MR) is 135 cm³/mol. The normalized spacial score (nSPS) is 14.7. The van der Waals surface area contributed by atoms with Crippen molar-refractivity contribution in [1.29, 1.82) is 0 Å². The molecule has 1 saturated heterocycles. The van der Waals surface area contributed by atoms with Crippen LogP contribution in [-0.4, -0.2) is 50.9 Å². The van der Waals surface area contributed by atoms with Gasteiger partial charge in [0.05, 0.1) is 35.0 Å². The van der Waals surface area contributed by atoms with E-state index in [9.17, 15) is 18.5 Å². The predicted octanol–water partition coefficient (Wildman–Crippen LogP) is 4.76. The highest BCUT2D eigenvalue weighted by molar-refractivity contribution is 7.92. The number of thiazole rings is 1. The fourth-order valence-electron chi connectivity index (χ4n) is 4.10. The third-order valence-corrected chi connectivity index (χ3v) is 9.52. The van der Waals surface area contributed by atoms with E-state index in [2.05, 4.69) is 4.90 Å². The van der Waals surface area contributed by atoms with Crippen LogP contribution in [0.25, 0.3) is 0 Å². The van der Waals surface area contributed by atoms with E-state index in [0.717, 1.165) is 34.0 Å². The van der Waals surface area contributed by atoms with Gasteiger partial charge in [-0.2, -0.15) is 0 Å². The lowest BCUT2D eigenvalue weighted by molar-refractivity contribution is -0.384. The molecule has 0 unspecified atom stereocenters. The Morgan fingerprint density at radius 2 is 1.91 bits per heavy atom. The third kappa shape index (κ3) is 5.36. The van der Waals surface area contributed by atoms with E-state index in [0.29, 0.717) is 32.4 Å². The summed E-state index contributed by atoms with van der Waals surface area (Å²) in [6.45, 7) is 1.05. The van der Waals surface area contributed by atoms with Crippen molar-refractivity contribution in [2.24, 2.45) is 0 Å². The molecule has 3 aromatic rings. The van der Waals surface area contributed by atoms with Gasteiger partial charge < -0.3 is 14.4 Å². The van der Waals surface area contributed by atoms with Gasteiger partial charge in [-0.15, -0.1) is 11.3 Å². The van der Waals surface area contributed by atoms with Gasteiger partial charge in [0.15, 0.2) is 15.0 Å². The van der Waals surface area contributed by atoms with Gasteiger partial charge in [-0.1, -0.05) is 11.6 Å². The van der Waals surface area contributed by atoms with Crippen molar-refractivity contribution in [2.75, 3.05) is 32.2 Å². The van der Waals surface area contributed by atoms with Gasteiger partial charge in [0.25, 0.3) is 5.69 Å². The standard InChI is InChI=1S/C23H24ClN3O6S2/c1-32-17-3-6-22(33-2)15(12-17)11-16-14-34-23(25-16)26-9-7-18(8-10-26)35(30,31)19-4-5-20(24)21(13-19)27(28)29/h3-6,12-14,18H,7-11H2,1-2H3. The molecule has 35 heavy (non-hydrogen) atoms. The van der Waals surface area contributed by atoms with Gasteiger partial charge in [-0.05, 0) is 43.2 Å². The van der Waals surface area contributed by atoms with Crippen molar-refractivity contribution in [1.82, 2.24) is 4.98 Å². The largest absolute Gasteiger partial charge is 0.497 e. The van der Waals surface area contributed by atoms with Crippen molar-refractivity contribution in [3.63, 3.8) is 0 Å². The molecule has 0 bridgehead atoms. The lowest BCUT2D eigenvalue weighted by Crippen LogP contribution is -2.39. The van der Waals surface area contributed by atoms with Crippen molar-refractivity contribution in [3.05, 3.63) is 68.2 Å². The molecule has 186 valence electrons. The zero-order chi connectivity index (χ0) is 25.2. The van der Waals surface area contributed by atoms with E-state index in [-0.39, 0.29) is 9.92 Å². The maximum Gasteiger partial charge on any atom is 0.289 e. The fraction of sp³-hybridized carbons (Fsp3) is 0.348. The Labute approximate surface area is 212 Å². The summed E-state index contributed by atoms with van der Waals surface area (Å²) >= 11 is 7.35.